The summed E-state index contributed by atoms with van der Waals surface area (Å²) in [6, 6.07) is 0. The lowest BCUT2D eigenvalue weighted by Crippen LogP contribution is -2.52. The number of nitrogens with zero attached hydrogens (tertiary/aromatic N) is 1. The zero-order valence-electron chi connectivity index (χ0n) is 7.62. The van der Waals surface area contributed by atoms with Crippen LogP contribution >= 0.6 is 0 Å². The lowest BCUT2D eigenvalue weighted by molar-refractivity contribution is -0.147. The van der Waals surface area contributed by atoms with Gasteiger partial charge in [0.1, 0.15) is 0 Å². The summed E-state index contributed by atoms with van der Waals surface area (Å²) < 4.78 is 0. The van der Waals surface area contributed by atoms with Crippen LogP contribution in [0, 0.1) is 5.92 Å². The summed E-state index contributed by atoms with van der Waals surface area (Å²) in [6.07, 6.45) is 0. The van der Waals surface area contributed by atoms with Crippen molar-refractivity contribution in [1.29, 1.82) is 0 Å². The molecule has 0 bridgehead atoms. The average Bonchev–Trinajstić information content (AvgIpc) is 1.92. The van der Waals surface area contributed by atoms with Crippen molar-refractivity contribution in [1.82, 2.24) is 10.2 Å². The number of aliphatic carboxylic acids is 1. The molecule has 13 heavy (non-hydrogen) atoms. The number of carbonyl (C=O) groups excluding carboxylic acids is 1. The first-order valence-corrected chi connectivity index (χ1v) is 4.29. The largest absolute Gasteiger partial charge is 0.481 e. The van der Waals surface area contributed by atoms with Crippen LogP contribution in [0.15, 0.2) is 0 Å². The third kappa shape index (κ3) is 3.02. The van der Waals surface area contributed by atoms with Crippen LogP contribution in [0.5, 0.6) is 0 Å². The smallest absolute Gasteiger partial charge is 0.309 e. The molecule has 0 aromatic rings. The quantitative estimate of drug-likeness (QED) is 0.599. The summed E-state index contributed by atoms with van der Waals surface area (Å²) in [5.41, 5.74) is 0. The van der Waals surface area contributed by atoms with Crippen molar-refractivity contribution in [2.24, 2.45) is 5.92 Å². The first-order valence-electron chi connectivity index (χ1n) is 4.29. The second-order valence-corrected chi connectivity index (χ2v) is 3.28. The van der Waals surface area contributed by atoms with E-state index in [-0.39, 0.29) is 11.8 Å². The molecule has 0 unspecified atom stereocenters. The highest BCUT2D eigenvalue weighted by Gasteiger charge is 2.31. The van der Waals surface area contributed by atoms with E-state index >= 15 is 0 Å². The van der Waals surface area contributed by atoms with Gasteiger partial charge in [-0.05, 0) is 0 Å². The Morgan fingerprint density at radius 3 is 2.62 bits per heavy atom. The van der Waals surface area contributed by atoms with Crippen LogP contribution in [0.4, 0.5) is 0 Å². The van der Waals surface area contributed by atoms with Crippen LogP contribution in [0.25, 0.3) is 0 Å². The van der Waals surface area contributed by atoms with E-state index in [1.807, 2.05) is 4.90 Å². The standard InChI is InChI=1S/C8H14N2O3/c1-6(11)9-2-3-10-4-7(5-10)8(12)13/h7H,2-5H2,1H3,(H,9,11)(H,12,13). The maximum Gasteiger partial charge on any atom is 0.309 e. The number of rotatable bonds is 4. The first kappa shape index (κ1) is 9.98. The number of hydrogen-bond donors (Lipinski definition) is 2. The molecule has 0 aromatic heterocycles. The Morgan fingerprint density at radius 1 is 1.54 bits per heavy atom. The fourth-order valence-corrected chi connectivity index (χ4v) is 1.30. The van der Waals surface area contributed by atoms with Crippen LogP contribution in [0.1, 0.15) is 6.92 Å². The Labute approximate surface area is 76.7 Å². The van der Waals surface area contributed by atoms with Crippen molar-refractivity contribution < 1.29 is 14.7 Å². The fourth-order valence-electron chi connectivity index (χ4n) is 1.30. The molecule has 1 amide bonds. The van der Waals surface area contributed by atoms with E-state index in [0.717, 1.165) is 6.54 Å². The summed E-state index contributed by atoms with van der Waals surface area (Å²) in [5, 5.41) is 11.2. The number of carboxylic acids is 1. The molecule has 1 saturated heterocycles. The molecular formula is C8H14N2O3. The molecule has 0 atom stereocenters. The maximum atomic E-state index is 10.5. The molecule has 0 aliphatic carbocycles. The van der Waals surface area contributed by atoms with Crippen LogP contribution in [0.3, 0.4) is 0 Å². The Hall–Kier alpha value is -1.10. The third-order valence-electron chi connectivity index (χ3n) is 2.11. The number of carbonyl (C=O) groups is 2. The molecular weight excluding hydrogens is 172 g/mol. The molecule has 1 rings (SSSR count). The minimum absolute atomic E-state index is 0.0460. The minimum atomic E-state index is -0.726. The van der Waals surface area contributed by atoms with Crippen LogP contribution in [0.2, 0.25) is 0 Å². The van der Waals surface area contributed by atoms with Gasteiger partial charge in [-0.3, -0.25) is 14.5 Å². The predicted molar refractivity (Wildman–Crippen MR) is 46.2 cm³/mol. The highest BCUT2D eigenvalue weighted by molar-refractivity contribution is 5.73. The van der Waals surface area contributed by atoms with E-state index in [2.05, 4.69) is 5.32 Å². The number of hydrogen-bond acceptors (Lipinski definition) is 3. The highest BCUT2D eigenvalue weighted by Crippen LogP contribution is 2.13. The molecule has 74 valence electrons. The number of nitrogens with one attached hydrogen (secondary N) is 1. The van der Waals surface area contributed by atoms with Gasteiger partial charge in [0.25, 0.3) is 0 Å². The summed E-state index contributed by atoms with van der Waals surface area (Å²) in [7, 11) is 0. The van der Waals surface area contributed by atoms with Gasteiger partial charge in [0.15, 0.2) is 0 Å². The van der Waals surface area contributed by atoms with Crippen molar-refractivity contribution in [3.63, 3.8) is 0 Å². The molecule has 0 radical (unpaired) electrons. The van der Waals surface area contributed by atoms with Gasteiger partial charge in [-0.25, -0.2) is 0 Å². The van der Waals surface area contributed by atoms with Gasteiger partial charge in [-0.15, -0.1) is 0 Å². The monoisotopic (exact) mass is 186 g/mol. The van der Waals surface area contributed by atoms with Gasteiger partial charge in [-0.1, -0.05) is 0 Å². The summed E-state index contributed by atoms with van der Waals surface area (Å²) in [6.45, 7) is 4.02. The molecule has 2 N–H and O–H groups in total. The molecule has 0 aromatic carbocycles. The Bertz CT molecular complexity index is 211. The van der Waals surface area contributed by atoms with Crippen molar-refractivity contribution in [2.45, 2.75) is 6.92 Å². The van der Waals surface area contributed by atoms with Gasteiger partial charge in [0.2, 0.25) is 5.91 Å². The summed E-state index contributed by atoms with van der Waals surface area (Å²) in [4.78, 5) is 22.9. The van der Waals surface area contributed by atoms with Crippen LogP contribution < -0.4 is 5.32 Å². The number of likely N-dealkylation sites (tertiary alicyclic amines) is 1. The molecule has 1 aliphatic rings. The number of amides is 1. The van der Waals surface area contributed by atoms with Crippen molar-refractivity contribution in [3.8, 4) is 0 Å². The first-order chi connectivity index (χ1) is 6.09. The lowest BCUT2D eigenvalue weighted by atomic mass is 10.0. The fraction of sp³-hybridized carbons (Fsp3) is 0.750. The minimum Gasteiger partial charge on any atom is -0.481 e. The highest BCUT2D eigenvalue weighted by atomic mass is 16.4. The summed E-state index contributed by atoms with van der Waals surface area (Å²) in [5.74, 6) is -0.983. The second-order valence-electron chi connectivity index (χ2n) is 3.28. The molecule has 5 nitrogen and oxygen atoms in total. The third-order valence-corrected chi connectivity index (χ3v) is 2.11. The Morgan fingerprint density at radius 2 is 2.15 bits per heavy atom. The second kappa shape index (κ2) is 4.23. The van der Waals surface area contributed by atoms with Crippen LogP contribution in [-0.4, -0.2) is 48.1 Å². The average molecular weight is 186 g/mol. The van der Waals surface area contributed by atoms with Crippen molar-refractivity contribution >= 4 is 11.9 Å². The van der Waals surface area contributed by atoms with E-state index in [0.29, 0.717) is 19.6 Å². The number of carboxylic acid groups (broad SMARTS) is 1. The summed E-state index contributed by atoms with van der Waals surface area (Å²) >= 11 is 0. The van der Waals surface area contributed by atoms with Gasteiger partial charge in [0.05, 0.1) is 5.92 Å². The van der Waals surface area contributed by atoms with E-state index < -0.39 is 5.97 Å². The van der Waals surface area contributed by atoms with Gasteiger partial charge in [0, 0.05) is 33.1 Å². The molecule has 0 saturated carbocycles. The molecule has 1 heterocycles. The SMILES string of the molecule is CC(=O)NCCN1CC(C(=O)O)C1. The zero-order valence-corrected chi connectivity index (χ0v) is 7.62. The Kier molecular flexibility index (Phi) is 3.25. The van der Waals surface area contributed by atoms with E-state index in [4.69, 9.17) is 5.11 Å². The van der Waals surface area contributed by atoms with Crippen molar-refractivity contribution in [3.05, 3.63) is 0 Å². The Balaban J connectivity index is 2.02. The van der Waals surface area contributed by atoms with E-state index in [1.54, 1.807) is 0 Å². The van der Waals surface area contributed by atoms with E-state index in [1.165, 1.54) is 6.92 Å². The molecule has 0 spiro atoms. The molecule has 5 heteroatoms. The normalized spacial score (nSPS) is 17.9. The van der Waals surface area contributed by atoms with E-state index in [9.17, 15) is 9.59 Å². The van der Waals surface area contributed by atoms with Crippen molar-refractivity contribution in [2.75, 3.05) is 26.2 Å². The predicted octanol–water partition coefficient (Wildman–Crippen LogP) is -0.861. The van der Waals surface area contributed by atoms with Gasteiger partial charge in [-0.2, -0.15) is 0 Å². The maximum absolute atomic E-state index is 10.5. The van der Waals surface area contributed by atoms with Crippen LogP contribution in [-0.2, 0) is 9.59 Å². The lowest BCUT2D eigenvalue weighted by Gasteiger charge is -2.36. The molecule has 1 fully saturated rings. The molecule has 1 aliphatic heterocycles. The van der Waals surface area contributed by atoms with Gasteiger partial charge < -0.3 is 10.4 Å². The zero-order chi connectivity index (χ0) is 9.84. The topological polar surface area (TPSA) is 69.6 Å². The van der Waals surface area contributed by atoms with Gasteiger partial charge >= 0.3 is 5.97 Å².